The second kappa shape index (κ2) is 8.03. The molecule has 2 rings (SSSR count). The average Bonchev–Trinajstić information content (AvgIpc) is 2.56. The molecule has 1 fully saturated rings. The van der Waals surface area contributed by atoms with Crippen LogP contribution in [0.5, 0.6) is 11.5 Å². The Morgan fingerprint density at radius 3 is 2.41 bits per heavy atom. The fourth-order valence-electron chi connectivity index (χ4n) is 2.62. The van der Waals surface area contributed by atoms with Gasteiger partial charge in [-0.3, -0.25) is 4.79 Å². The van der Waals surface area contributed by atoms with Crippen molar-refractivity contribution in [2.45, 2.75) is 38.8 Å². The number of carbonyl (C=O) groups excluding carboxylic acids is 1. The van der Waals surface area contributed by atoms with Crippen LogP contribution < -0.4 is 14.8 Å². The first-order valence-electron chi connectivity index (χ1n) is 7.95. The number of hydrogen-bond acceptors (Lipinski definition) is 4. The van der Waals surface area contributed by atoms with Crippen molar-refractivity contribution >= 4 is 5.91 Å². The van der Waals surface area contributed by atoms with E-state index in [1.54, 1.807) is 14.0 Å². The molecule has 0 aromatic heterocycles. The van der Waals surface area contributed by atoms with Crippen LogP contribution in [0.25, 0.3) is 0 Å². The van der Waals surface area contributed by atoms with Crippen molar-refractivity contribution < 1.29 is 14.3 Å². The van der Waals surface area contributed by atoms with Crippen LogP contribution >= 0.6 is 0 Å². The molecule has 5 nitrogen and oxygen atoms in total. The molecule has 22 heavy (non-hydrogen) atoms. The number of nitrogens with one attached hydrogen (secondary N) is 1. The van der Waals surface area contributed by atoms with Gasteiger partial charge in [0.2, 0.25) is 0 Å². The molecule has 0 radical (unpaired) electrons. The predicted octanol–water partition coefficient (Wildman–Crippen LogP) is 2.06. The topological polar surface area (TPSA) is 50.8 Å². The van der Waals surface area contributed by atoms with Crippen LogP contribution in [0.15, 0.2) is 24.3 Å². The monoisotopic (exact) mass is 306 g/mol. The molecule has 1 aromatic carbocycles. The van der Waals surface area contributed by atoms with E-state index < -0.39 is 6.10 Å². The highest BCUT2D eigenvalue weighted by Crippen LogP contribution is 2.18. The van der Waals surface area contributed by atoms with E-state index in [9.17, 15) is 4.79 Å². The van der Waals surface area contributed by atoms with E-state index in [2.05, 4.69) is 17.1 Å². The Bertz CT molecular complexity index is 467. The molecule has 1 N–H and O–H groups in total. The molecule has 1 aliphatic heterocycles. The largest absolute Gasteiger partial charge is 0.497 e. The zero-order valence-electron chi connectivity index (χ0n) is 13.7. The SMILES string of the molecule is CCN1CCC(NC(=O)[C@@H](C)Oc2ccc(OC)cc2)CC1. The van der Waals surface area contributed by atoms with Crippen molar-refractivity contribution in [3.05, 3.63) is 24.3 Å². The maximum atomic E-state index is 12.2. The van der Waals surface area contributed by atoms with Crippen molar-refractivity contribution in [2.75, 3.05) is 26.7 Å². The molecular weight excluding hydrogens is 280 g/mol. The molecule has 5 heteroatoms. The third-order valence-electron chi connectivity index (χ3n) is 4.12. The van der Waals surface area contributed by atoms with Crippen LogP contribution in [0.1, 0.15) is 26.7 Å². The highest BCUT2D eigenvalue weighted by molar-refractivity contribution is 5.81. The van der Waals surface area contributed by atoms with Gasteiger partial charge in [-0.2, -0.15) is 0 Å². The molecular formula is C17H26N2O3. The summed E-state index contributed by atoms with van der Waals surface area (Å²) in [7, 11) is 1.62. The lowest BCUT2D eigenvalue weighted by atomic mass is 10.0. The smallest absolute Gasteiger partial charge is 0.260 e. The van der Waals surface area contributed by atoms with Crippen molar-refractivity contribution in [1.82, 2.24) is 10.2 Å². The molecule has 0 aliphatic carbocycles. The Hall–Kier alpha value is -1.75. The fraction of sp³-hybridized carbons (Fsp3) is 0.588. The van der Waals surface area contributed by atoms with Gasteiger partial charge < -0.3 is 19.7 Å². The number of nitrogens with zero attached hydrogens (tertiary/aromatic N) is 1. The van der Waals surface area contributed by atoms with E-state index in [4.69, 9.17) is 9.47 Å². The molecule has 1 heterocycles. The maximum absolute atomic E-state index is 12.2. The van der Waals surface area contributed by atoms with Crippen LogP contribution in [0, 0.1) is 0 Å². The van der Waals surface area contributed by atoms with E-state index in [-0.39, 0.29) is 11.9 Å². The first kappa shape index (κ1) is 16.6. The molecule has 1 aliphatic rings. The van der Waals surface area contributed by atoms with Gasteiger partial charge in [0.05, 0.1) is 7.11 Å². The van der Waals surface area contributed by atoms with Gasteiger partial charge in [0.25, 0.3) is 5.91 Å². The van der Waals surface area contributed by atoms with Crippen LogP contribution in [0.4, 0.5) is 0 Å². The van der Waals surface area contributed by atoms with Gasteiger partial charge in [-0.25, -0.2) is 0 Å². The quantitative estimate of drug-likeness (QED) is 0.874. The summed E-state index contributed by atoms with van der Waals surface area (Å²) >= 11 is 0. The van der Waals surface area contributed by atoms with Crippen molar-refractivity contribution in [1.29, 1.82) is 0 Å². The molecule has 0 spiro atoms. The van der Waals surface area contributed by atoms with E-state index in [0.29, 0.717) is 5.75 Å². The molecule has 1 amide bonds. The van der Waals surface area contributed by atoms with Gasteiger partial charge in [-0.05, 0) is 50.6 Å². The molecule has 1 saturated heterocycles. The highest BCUT2D eigenvalue weighted by atomic mass is 16.5. The van der Waals surface area contributed by atoms with Crippen LogP contribution in [-0.4, -0.2) is 49.7 Å². The van der Waals surface area contributed by atoms with E-state index in [1.165, 1.54) is 0 Å². The number of carbonyl (C=O) groups is 1. The van der Waals surface area contributed by atoms with Gasteiger partial charge in [0, 0.05) is 19.1 Å². The summed E-state index contributed by atoms with van der Waals surface area (Å²) in [6.45, 7) is 7.13. The average molecular weight is 306 g/mol. The van der Waals surface area contributed by atoms with E-state index >= 15 is 0 Å². The lowest BCUT2D eigenvalue weighted by molar-refractivity contribution is -0.128. The summed E-state index contributed by atoms with van der Waals surface area (Å²) in [5.74, 6) is 1.39. The summed E-state index contributed by atoms with van der Waals surface area (Å²) in [6.07, 6.45) is 1.52. The Morgan fingerprint density at radius 1 is 1.27 bits per heavy atom. The number of piperidine rings is 1. The van der Waals surface area contributed by atoms with E-state index in [0.717, 1.165) is 38.2 Å². The minimum atomic E-state index is -0.502. The third kappa shape index (κ3) is 4.63. The predicted molar refractivity (Wildman–Crippen MR) is 86.4 cm³/mol. The highest BCUT2D eigenvalue weighted by Gasteiger charge is 2.22. The number of benzene rings is 1. The number of methoxy groups -OCH3 is 1. The normalized spacial score (nSPS) is 17.8. The summed E-state index contributed by atoms with van der Waals surface area (Å²) in [4.78, 5) is 14.6. The molecule has 0 bridgehead atoms. The standard InChI is InChI=1S/C17H26N2O3/c1-4-19-11-9-14(10-12-19)18-17(20)13(2)22-16-7-5-15(21-3)6-8-16/h5-8,13-14H,4,9-12H2,1-3H3,(H,18,20)/t13-/m1/s1. The summed E-state index contributed by atoms with van der Waals surface area (Å²) in [6, 6.07) is 7.52. The molecule has 0 saturated carbocycles. The van der Waals surface area contributed by atoms with Gasteiger partial charge in [-0.1, -0.05) is 6.92 Å². The summed E-state index contributed by atoms with van der Waals surface area (Å²) < 4.78 is 10.8. The van der Waals surface area contributed by atoms with E-state index in [1.807, 2.05) is 24.3 Å². The zero-order chi connectivity index (χ0) is 15.9. The molecule has 1 aromatic rings. The number of hydrogen-bond donors (Lipinski definition) is 1. The first-order chi connectivity index (χ1) is 10.6. The third-order valence-corrected chi connectivity index (χ3v) is 4.12. The Balaban J connectivity index is 1.79. The number of rotatable bonds is 6. The Labute approximate surface area is 132 Å². The number of ether oxygens (including phenoxy) is 2. The van der Waals surface area contributed by atoms with Crippen molar-refractivity contribution in [3.8, 4) is 11.5 Å². The maximum Gasteiger partial charge on any atom is 0.260 e. The lowest BCUT2D eigenvalue weighted by Gasteiger charge is -2.32. The first-order valence-corrected chi connectivity index (χ1v) is 7.95. The molecule has 0 unspecified atom stereocenters. The van der Waals surface area contributed by atoms with Crippen molar-refractivity contribution in [2.24, 2.45) is 0 Å². The van der Waals surface area contributed by atoms with Gasteiger partial charge in [0.1, 0.15) is 11.5 Å². The Kier molecular flexibility index (Phi) is 6.07. The minimum absolute atomic E-state index is 0.0502. The summed E-state index contributed by atoms with van der Waals surface area (Å²) in [5.41, 5.74) is 0. The number of amides is 1. The lowest BCUT2D eigenvalue weighted by Crippen LogP contribution is -2.48. The second-order valence-electron chi connectivity index (χ2n) is 5.65. The Morgan fingerprint density at radius 2 is 1.86 bits per heavy atom. The van der Waals surface area contributed by atoms with Crippen LogP contribution in [-0.2, 0) is 4.79 Å². The zero-order valence-corrected chi connectivity index (χ0v) is 13.7. The van der Waals surface area contributed by atoms with Crippen molar-refractivity contribution in [3.63, 3.8) is 0 Å². The second-order valence-corrected chi connectivity index (χ2v) is 5.65. The van der Waals surface area contributed by atoms with Crippen LogP contribution in [0.2, 0.25) is 0 Å². The summed E-state index contributed by atoms with van der Waals surface area (Å²) in [5, 5.41) is 3.09. The van der Waals surface area contributed by atoms with Gasteiger partial charge in [0.15, 0.2) is 6.10 Å². The van der Waals surface area contributed by atoms with Gasteiger partial charge >= 0.3 is 0 Å². The fourth-order valence-corrected chi connectivity index (χ4v) is 2.62. The van der Waals surface area contributed by atoms with Gasteiger partial charge in [-0.15, -0.1) is 0 Å². The minimum Gasteiger partial charge on any atom is -0.497 e. The van der Waals surface area contributed by atoms with Crippen LogP contribution in [0.3, 0.4) is 0 Å². The molecule has 1 atom stereocenters. The number of likely N-dealkylation sites (tertiary alicyclic amines) is 1. The molecule has 122 valence electrons.